The molecule has 18 heavy (non-hydrogen) atoms. The van der Waals surface area contributed by atoms with Crippen LogP contribution >= 0.6 is 0 Å². The number of allylic oxidation sites excluding steroid dienone is 3. The van der Waals surface area contributed by atoms with Crippen molar-refractivity contribution in [3.05, 3.63) is 60.3 Å². The molecule has 2 aliphatic heterocycles. The summed E-state index contributed by atoms with van der Waals surface area (Å²) in [5, 5.41) is 3.22. The van der Waals surface area contributed by atoms with Gasteiger partial charge in [0.25, 0.3) is 0 Å². The van der Waals surface area contributed by atoms with E-state index in [1.54, 1.807) is 12.2 Å². The molecule has 0 atom stereocenters. The molecular formula is C14H16N2O2. The average molecular weight is 244 g/mol. The van der Waals surface area contributed by atoms with Gasteiger partial charge in [-0.05, 0) is 12.2 Å². The fourth-order valence-electron chi connectivity index (χ4n) is 1.85. The lowest BCUT2D eigenvalue weighted by atomic mass is 10.1. The van der Waals surface area contributed by atoms with E-state index >= 15 is 0 Å². The largest absolute Gasteiger partial charge is 0.424 e. The first kappa shape index (κ1) is 12.2. The van der Waals surface area contributed by atoms with E-state index in [0.717, 1.165) is 17.9 Å². The fourth-order valence-corrected chi connectivity index (χ4v) is 1.85. The van der Waals surface area contributed by atoms with Crippen molar-refractivity contribution in [2.24, 2.45) is 0 Å². The summed E-state index contributed by atoms with van der Waals surface area (Å²) in [6, 6.07) is 0. The lowest BCUT2D eigenvalue weighted by Crippen LogP contribution is -2.30. The summed E-state index contributed by atoms with van der Waals surface area (Å²) in [5.74, 6) is 0.218. The van der Waals surface area contributed by atoms with Crippen LogP contribution in [0, 0.1) is 0 Å². The standard InChI is InChI=1S/C14H16N2O2/c1-3-8-15-14-12-6-4-5-9-16(12)10-7-13(14)18-11(2)17/h3-7,10,15H,1,8-9H2,2H3. The molecule has 0 aliphatic carbocycles. The maximum Gasteiger partial charge on any atom is 0.308 e. The molecule has 0 bridgehead atoms. The van der Waals surface area contributed by atoms with Crippen molar-refractivity contribution < 1.29 is 9.53 Å². The molecule has 0 amide bonds. The van der Waals surface area contributed by atoms with Crippen LogP contribution in [0.1, 0.15) is 6.92 Å². The molecule has 2 rings (SSSR count). The quantitative estimate of drug-likeness (QED) is 0.605. The zero-order chi connectivity index (χ0) is 13.0. The molecule has 2 heterocycles. The maximum absolute atomic E-state index is 11.1. The van der Waals surface area contributed by atoms with Gasteiger partial charge in [-0.2, -0.15) is 0 Å². The number of esters is 1. The second-order valence-electron chi connectivity index (χ2n) is 3.95. The molecule has 0 aromatic heterocycles. The number of fused-ring (bicyclic) bond motifs is 1. The third-order valence-electron chi connectivity index (χ3n) is 2.59. The van der Waals surface area contributed by atoms with Crippen LogP contribution in [0.15, 0.2) is 60.3 Å². The Bertz CT molecular complexity index is 484. The van der Waals surface area contributed by atoms with Gasteiger partial charge in [-0.15, -0.1) is 6.58 Å². The monoisotopic (exact) mass is 244 g/mol. The van der Waals surface area contributed by atoms with Gasteiger partial charge in [0.2, 0.25) is 0 Å². The van der Waals surface area contributed by atoms with E-state index in [2.05, 4.69) is 22.9 Å². The Morgan fingerprint density at radius 2 is 2.50 bits per heavy atom. The van der Waals surface area contributed by atoms with Gasteiger partial charge in [0.05, 0.1) is 5.70 Å². The number of rotatable bonds is 4. The Balaban J connectivity index is 2.34. The molecule has 4 nitrogen and oxygen atoms in total. The first-order chi connectivity index (χ1) is 8.72. The Morgan fingerprint density at radius 1 is 1.67 bits per heavy atom. The normalized spacial score (nSPS) is 17.2. The second kappa shape index (κ2) is 5.40. The third-order valence-corrected chi connectivity index (χ3v) is 2.59. The zero-order valence-electron chi connectivity index (χ0n) is 10.3. The maximum atomic E-state index is 11.1. The number of hydrogen-bond acceptors (Lipinski definition) is 4. The van der Waals surface area contributed by atoms with Crippen LogP contribution in [0.25, 0.3) is 0 Å². The molecule has 94 valence electrons. The molecule has 0 aromatic rings. The van der Waals surface area contributed by atoms with Crippen LogP contribution in [0.4, 0.5) is 0 Å². The minimum atomic E-state index is -0.326. The number of ether oxygens (including phenoxy) is 1. The highest BCUT2D eigenvalue weighted by Gasteiger charge is 2.21. The predicted octanol–water partition coefficient (Wildman–Crippen LogP) is 1.82. The average Bonchev–Trinajstić information content (AvgIpc) is 2.37. The summed E-state index contributed by atoms with van der Waals surface area (Å²) in [6.45, 7) is 6.50. The Morgan fingerprint density at radius 3 is 3.22 bits per heavy atom. The number of carbonyl (C=O) groups is 1. The van der Waals surface area contributed by atoms with Gasteiger partial charge in [-0.1, -0.05) is 18.2 Å². The Kier molecular flexibility index (Phi) is 3.67. The van der Waals surface area contributed by atoms with Crippen LogP contribution in [-0.2, 0) is 9.53 Å². The highest BCUT2D eigenvalue weighted by atomic mass is 16.5. The van der Waals surface area contributed by atoms with E-state index in [1.165, 1.54) is 6.92 Å². The van der Waals surface area contributed by atoms with Crippen LogP contribution in [0.2, 0.25) is 0 Å². The van der Waals surface area contributed by atoms with Gasteiger partial charge < -0.3 is 15.0 Å². The van der Waals surface area contributed by atoms with Crippen molar-refractivity contribution in [3.63, 3.8) is 0 Å². The minimum Gasteiger partial charge on any atom is -0.424 e. The molecule has 0 saturated carbocycles. The highest BCUT2D eigenvalue weighted by Crippen LogP contribution is 2.26. The minimum absolute atomic E-state index is 0.326. The highest BCUT2D eigenvalue weighted by molar-refractivity contribution is 5.68. The molecule has 0 saturated heterocycles. The van der Waals surface area contributed by atoms with Gasteiger partial charge in [0.1, 0.15) is 5.70 Å². The predicted molar refractivity (Wildman–Crippen MR) is 70.1 cm³/mol. The lowest BCUT2D eigenvalue weighted by Gasteiger charge is -2.30. The van der Waals surface area contributed by atoms with Gasteiger partial charge >= 0.3 is 5.97 Å². The SMILES string of the molecule is C=CCNC1=C(OC(C)=O)C=CN2CC=CC=C12. The number of hydrogen-bond donors (Lipinski definition) is 1. The second-order valence-corrected chi connectivity index (χ2v) is 3.95. The van der Waals surface area contributed by atoms with E-state index < -0.39 is 0 Å². The van der Waals surface area contributed by atoms with Crippen molar-refractivity contribution in [2.75, 3.05) is 13.1 Å². The summed E-state index contributed by atoms with van der Waals surface area (Å²) >= 11 is 0. The van der Waals surface area contributed by atoms with Crippen molar-refractivity contribution in [3.8, 4) is 0 Å². The third kappa shape index (κ3) is 2.53. The van der Waals surface area contributed by atoms with Crippen molar-refractivity contribution in [1.82, 2.24) is 10.2 Å². The Labute approximate surface area is 107 Å². The molecule has 0 aromatic carbocycles. The fraction of sp³-hybridized carbons (Fsp3) is 0.214. The molecular weight excluding hydrogens is 228 g/mol. The van der Waals surface area contributed by atoms with Crippen LogP contribution < -0.4 is 5.32 Å². The zero-order valence-corrected chi connectivity index (χ0v) is 10.3. The van der Waals surface area contributed by atoms with E-state index in [0.29, 0.717) is 12.3 Å². The van der Waals surface area contributed by atoms with Crippen LogP contribution in [-0.4, -0.2) is 24.0 Å². The summed E-state index contributed by atoms with van der Waals surface area (Å²) in [7, 11) is 0. The summed E-state index contributed by atoms with van der Waals surface area (Å²) in [6.07, 6.45) is 11.5. The van der Waals surface area contributed by atoms with Gasteiger partial charge in [-0.25, -0.2) is 0 Å². The summed E-state index contributed by atoms with van der Waals surface area (Å²) in [5.41, 5.74) is 1.81. The molecule has 0 fully saturated rings. The number of nitrogens with zero attached hydrogens (tertiary/aromatic N) is 1. The molecule has 2 aliphatic rings. The van der Waals surface area contributed by atoms with E-state index in [-0.39, 0.29) is 5.97 Å². The van der Waals surface area contributed by atoms with Gasteiger partial charge in [-0.3, -0.25) is 4.79 Å². The summed E-state index contributed by atoms with van der Waals surface area (Å²) < 4.78 is 5.22. The topological polar surface area (TPSA) is 41.6 Å². The van der Waals surface area contributed by atoms with Crippen molar-refractivity contribution >= 4 is 5.97 Å². The van der Waals surface area contributed by atoms with E-state index in [1.807, 2.05) is 18.4 Å². The molecule has 0 spiro atoms. The van der Waals surface area contributed by atoms with Crippen LogP contribution in [0.3, 0.4) is 0 Å². The van der Waals surface area contributed by atoms with Crippen molar-refractivity contribution in [1.29, 1.82) is 0 Å². The lowest BCUT2D eigenvalue weighted by molar-refractivity contribution is -0.136. The number of carbonyl (C=O) groups excluding carboxylic acids is 1. The molecule has 1 N–H and O–H groups in total. The molecule has 4 heteroatoms. The van der Waals surface area contributed by atoms with Crippen molar-refractivity contribution in [2.45, 2.75) is 6.92 Å². The number of nitrogens with one attached hydrogen (secondary N) is 1. The van der Waals surface area contributed by atoms with Gasteiger partial charge in [0.15, 0.2) is 5.76 Å². The Hall–Kier alpha value is -2.23. The smallest absolute Gasteiger partial charge is 0.308 e. The first-order valence-electron chi connectivity index (χ1n) is 5.82. The van der Waals surface area contributed by atoms with Gasteiger partial charge in [0, 0.05) is 26.2 Å². The van der Waals surface area contributed by atoms with E-state index in [4.69, 9.17) is 4.74 Å². The van der Waals surface area contributed by atoms with E-state index in [9.17, 15) is 4.79 Å². The molecule has 0 radical (unpaired) electrons. The first-order valence-corrected chi connectivity index (χ1v) is 5.82. The summed E-state index contributed by atoms with van der Waals surface area (Å²) in [4.78, 5) is 13.2. The van der Waals surface area contributed by atoms with Crippen LogP contribution in [0.5, 0.6) is 0 Å². The molecule has 0 unspecified atom stereocenters.